The molecule has 0 fully saturated rings. The molecule has 0 atom stereocenters. The van der Waals surface area contributed by atoms with Crippen molar-refractivity contribution in [3.63, 3.8) is 0 Å². The minimum atomic E-state index is -1.43. The molecule has 0 bridgehead atoms. The van der Waals surface area contributed by atoms with Gasteiger partial charge in [0.1, 0.15) is 0 Å². The molecule has 47 heavy (non-hydrogen) atoms. The molecule has 8 rings (SSSR count). The number of rotatable bonds is 7. The van der Waals surface area contributed by atoms with Crippen molar-refractivity contribution in [3.8, 4) is 0 Å². The first-order valence-corrected chi connectivity index (χ1v) is 19.9. The fourth-order valence-corrected chi connectivity index (χ4v) is 8.14. The van der Waals surface area contributed by atoms with Gasteiger partial charge in [0.2, 0.25) is 0 Å². The van der Waals surface area contributed by atoms with Gasteiger partial charge in [0.15, 0.2) is 0 Å². The molecular formula is C44H38N2Si. The summed E-state index contributed by atoms with van der Waals surface area (Å²) in [6.07, 6.45) is 0. The number of aryl methyl sites for hydroxylation is 1. The zero-order chi connectivity index (χ0) is 32.1. The lowest BCUT2D eigenvalue weighted by Crippen LogP contribution is -2.37. The summed E-state index contributed by atoms with van der Waals surface area (Å²) in [6, 6.07) is 58.0. The summed E-state index contributed by atoms with van der Waals surface area (Å²) in [5, 5.41) is 9.06. The Labute approximate surface area is 278 Å². The van der Waals surface area contributed by atoms with Crippen LogP contribution in [-0.2, 0) is 0 Å². The smallest absolute Gasteiger partial charge is 0.0775 e. The molecule has 0 aliphatic heterocycles. The molecule has 8 aromatic carbocycles. The highest BCUT2D eigenvalue weighted by Gasteiger charge is 2.22. The van der Waals surface area contributed by atoms with Crippen LogP contribution in [0.4, 0.5) is 34.1 Å². The van der Waals surface area contributed by atoms with Crippen molar-refractivity contribution in [2.24, 2.45) is 0 Å². The lowest BCUT2D eigenvalue weighted by atomic mass is 9.91. The Morgan fingerprint density at radius 2 is 0.766 bits per heavy atom. The second-order valence-corrected chi connectivity index (χ2v) is 18.6. The van der Waals surface area contributed by atoms with Gasteiger partial charge in [-0.3, -0.25) is 0 Å². The fraction of sp³-hybridized carbons (Fsp3) is 0.0909. The minimum absolute atomic E-state index is 1.14. The van der Waals surface area contributed by atoms with E-state index in [4.69, 9.17) is 0 Å². The van der Waals surface area contributed by atoms with Gasteiger partial charge in [0, 0.05) is 33.5 Å². The van der Waals surface area contributed by atoms with Crippen LogP contribution in [0.3, 0.4) is 0 Å². The topological polar surface area (TPSA) is 6.48 Å². The van der Waals surface area contributed by atoms with E-state index in [1.54, 1.807) is 0 Å². The van der Waals surface area contributed by atoms with Crippen molar-refractivity contribution in [1.82, 2.24) is 0 Å². The Morgan fingerprint density at radius 3 is 1.19 bits per heavy atom. The summed E-state index contributed by atoms with van der Waals surface area (Å²) in [5.41, 5.74) is 8.22. The van der Waals surface area contributed by atoms with Gasteiger partial charge in [0.25, 0.3) is 0 Å². The third-order valence-corrected chi connectivity index (χ3v) is 11.5. The number of para-hydroxylation sites is 2. The van der Waals surface area contributed by atoms with E-state index in [2.05, 4.69) is 194 Å². The monoisotopic (exact) mass is 622 g/mol. The number of nitrogens with zero attached hydrogens (tertiary/aromatic N) is 2. The van der Waals surface area contributed by atoms with E-state index in [9.17, 15) is 0 Å². The molecular weight excluding hydrogens is 585 g/mol. The molecule has 0 aliphatic carbocycles. The van der Waals surface area contributed by atoms with E-state index in [0.29, 0.717) is 0 Å². The minimum Gasteiger partial charge on any atom is -0.310 e. The zero-order valence-corrected chi connectivity index (χ0v) is 28.4. The molecule has 0 spiro atoms. The third-order valence-electron chi connectivity index (χ3n) is 9.41. The van der Waals surface area contributed by atoms with Crippen LogP contribution < -0.4 is 15.0 Å². The quantitative estimate of drug-likeness (QED) is 0.129. The number of benzene rings is 8. The van der Waals surface area contributed by atoms with Crippen LogP contribution in [0.1, 0.15) is 5.56 Å². The molecule has 228 valence electrons. The molecule has 0 N–H and O–H groups in total. The van der Waals surface area contributed by atoms with Crippen LogP contribution in [0.15, 0.2) is 158 Å². The first kappa shape index (κ1) is 29.0. The van der Waals surface area contributed by atoms with Crippen molar-refractivity contribution in [1.29, 1.82) is 0 Å². The highest BCUT2D eigenvalue weighted by atomic mass is 28.3. The standard InChI is InChI=1S/C44H38N2Si/c1-31-15-21-36(22-16-31)45(34-11-7-5-8-12-34)41-29-19-32-18-28-40-42(30-20-33-17-27-39(41)43(32)44(33)40)46(35-13-9-6-10-14-35)37-23-25-38(26-24-37)47(2,3)4/h5-30H,1-4H3. The van der Waals surface area contributed by atoms with Crippen molar-refractivity contribution < 1.29 is 0 Å². The summed E-state index contributed by atoms with van der Waals surface area (Å²) < 4.78 is 0. The molecule has 0 amide bonds. The van der Waals surface area contributed by atoms with Crippen LogP contribution in [0.25, 0.3) is 32.3 Å². The van der Waals surface area contributed by atoms with Gasteiger partial charge in [-0.1, -0.05) is 127 Å². The molecule has 0 saturated heterocycles. The number of hydrogen-bond donors (Lipinski definition) is 0. The normalized spacial score (nSPS) is 11.8. The van der Waals surface area contributed by atoms with E-state index in [1.807, 2.05) is 0 Å². The zero-order valence-electron chi connectivity index (χ0n) is 27.4. The molecule has 3 heteroatoms. The van der Waals surface area contributed by atoms with Crippen molar-refractivity contribution in [3.05, 3.63) is 163 Å². The molecule has 0 unspecified atom stereocenters. The maximum atomic E-state index is 2.42. The van der Waals surface area contributed by atoms with Gasteiger partial charge >= 0.3 is 0 Å². The largest absolute Gasteiger partial charge is 0.310 e. The van der Waals surface area contributed by atoms with Crippen molar-refractivity contribution in [2.45, 2.75) is 26.6 Å². The van der Waals surface area contributed by atoms with Crippen LogP contribution in [0.5, 0.6) is 0 Å². The van der Waals surface area contributed by atoms with Crippen LogP contribution in [-0.4, -0.2) is 8.07 Å². The summed E-state index contributed by atoms with van der Waals surface area (Å²) >= 11 is 0. The molecule has 2 nitrogen and oxygen atoms in total. The predicted octanol–water partition coefficient (Wildman–Crippen LogP) is 12.4. The van der Waals surface area contributed by atoms with E-state index in [0.717, 1.165) is 17.1 Å². The summed E-state index contributed by atoms with van der Waals surface area (Å²) in [7, 11) is -1.43. The summed E-state index contributed by atoms with van der Waals surface area (Å²) in [4.78, 5) is 4.81. The van der Waals surface area contributed by atoms with Gasteiger partial charge in [-0.25, -0.2) is 0 Å². The lowest BCUT2D eigenvalue weighted by molar-refractivity contribution is 1.29. The fourth-order valence-electron chi connectivity index (χ4n) is 6.97. The Bertz CT molecular complexity index is 2320. The summed E-state index contributed by atoms with van der Waals surface area (Å²) in [6.45, 7) is 9.36. The Balaban J connectivity index is 1.38. The predicted molar refractivity (Wildman–Crippen MR) is 207 cm³/mol. The average molecular weight is 623 g/mol. The molecule has 0 aliphatic rings. The maximum absolute atomic E-state index is 2.42. The average Bonchev–Trinajstić information content (AvgIpc) is 3.10. The molecule has 0 heterocycles. The van der Waals surface area contributed by atoms with Gasteiger partial charge in [-0.05, 0) is 89.1 Å². The van der Waals surface area contributed by atoms with Gasteiger partial charge < -0.3 is 9.80 Å². The Hall–Kier alpha value is -5.38. The van der Waals surface area contributed by atoms with Gasteiger partial charge in [0.05, 0.1) is 19.4 Å². The number of hydrogen-bond acceptors (Lipinski definition) is 2. The molecule has 0 aromatic heterocycles. The Kier molecular flexibility index (Phi) is 7.08. The van der Waals surface area contributed by atoms with Crippen LogP contribution in [0, 0.1) is 6.92 Å². The first-order chi connectivity index (χ1) is 22.9. The van der Waals surface area contributed by atoms with E-state index >= 15 is 0 Å². The second-order valence-electron chi connectivity index (χ2n) is 13.6. The molecule has 8 aromatic rings. The summed E-state index contributed by atoms with van der Waals surface area (Å²) in [5.74, 6) is 0. The molecule has 0 radical (unpaired) electrons. The van der Waals surface area contributed by atoms with E-state index in [-0.39, 0.29) is 0 Å². The highest BCUT2D eigenvalue weighted by molar-refractivity contribution is 6.88. The Morgan fingerprint density at radius 1 is 0.383 bits per heavy atom. The maximum Gasteiger partial charge on any atom is 0.0775 e. The first-order valence-electron chi connectivity index (χ1n) is 16.4. The molecule has 0 saturated carbocycles. The second kappa shape index (κ2) is 11.4. The van der Waals surface area contributed by atoms with E-state index in [1.165, 1.54) is 60.1 Å². The van der Waals surface area contributed by atoms with Crippen LogP contribution in [0.2, 0.25) is 19.6 Å². The van der Waals surface area contributed by atoms with Crippen molar-refractivity contribution in [2.75, 3.05) is 9.80 Å². The van der Waals surface area contributed by atoms with Gasteiger partial charge in [-0.15, -0.1) is 0 Å². The lowest BCUT2D eigenvalue weighted by Gasteiger charge is -2.29. The van der Waals surface area contributed by atoms with Crippen molar-refractivity contribution >= 4 is 79.7 Å². The van der Waals surface area contributed by atoms with Crippen LogP contribution >= 0.6 is 0 Å². The SMILES string of the molecule is Cc1ccc(N(c2ccccc2)c2ccc3ccc4c(N(c5ccccc5)c5ccc([Si](C)(C)C)cc5)ccc5ccc2c3c54)cc1. The third kappa shape index (κ3) is 5.13. The highest BCUT2D eigenvalue weighted by Crippen LogP contribution is 2.47. The van der Waals surface area contributed by atoms with Gasteiger partial charge in [-0.2, -0.15) is 0 Å². The van der Waals surface area contributed by atoms with E-state index < -0.39 is 8.07 Å². The number of anilines is 6.